The number of fused-ring (bicyclic) bond motifs is 1. The number of rotatable bonds is 10. The van der Waals surface area contributed by atoms with E-state index < -0.39 is 44.7 Å². The molecule has 2 fully saturated rings. The van der Waals surface area contributed by atoms with E-state index >= 15 is 0 Å². The number of benzene rings is 2. The van der Waals surface area contributed by atoms with Gasteiger partial charge in [0.1, 0.15) is 11.4 Å². The number of ether oxygens (including phenoxy) is 2. The van der Waals surface area contributed by atoms with Crippen molar-refractivity contribution in [2.75, 3.05) is 30.8 Å². The van der Waals surface area contributed by atoms with Crippen LogP contribution in [0.15, 0.2) is 60.7 Å². The highest BCUT2D eigenvalue weighted by Gasteiger charge is 2.49. The van der Waals surface area contributed by atoms with E-state index in [0.29, 0.717) is 54.0 Å². The number of sulfone groups is 1. The molecule has 3 aliphatic heterocycles. The van der Waals surface area contributed by atoms with Gasteiger partial charge in [-0.25, -0.2) is 23.5 Å². The number of hydrogen-bond acceptors (Lipinski definition) is 10. The van der Waals surface area contributed by atoms with Gasteiger partial charge in [0.05, 0.1) is 29.8 Å². The number of thiophene rings is 1. The zero-order valence-corrected chi connectivity index (χ0v) is 27.2. The summed E-state index contributed by atoms with van der Waals surface area (Å²) >= 11 is 1.29. The molecule has 0 radical (unpaired) electrons. The Morgan fingerprint density at radius 2 is 1.77 bits per heavy atom. The van der Waals surface area contributed by atoms with E-state index in [4.69, 9.17) is 14.3 Å². The summed E-state index contributed by atoms with van der Waals surface area (Å²) < 4.78 is 36.5. The Bertz CT molecular complexity index is 1750. The third kappa shape index (κ3) is 6.96. The average molecular weight is 682 g/mol. The van der Waals surface area contributed by atoms with Gasteiger partial charge >= 0.3 is 6.09 Å². The monoisotopic (exact) mass is 681 g/mol. The molecule has 0 saturated carbocycles. The molecule has 0 aliphatic carbocycles. The molecule has 0 bridgehead atoms. The van der Waals surface area contributed by atoms with Gasteiger partial charge in [-0.3, -0.25) is 24.6 Å². The summed E-state index contributed by atoms with van der Waals surface area (Å²) in [5, 5.41) is 2.66. The molecule has 0 spiro atoms. The first kappa shape index (κ1) is 32.8. The van der Waals surface area contributed by atoms with E-state index in [-0.39, 0.29) is 25.3 Å². The molecule has 3 aromatic rings. The Morgan fingerprint density at radius 3 is 2.49 bits per heavy atom. The highest BCUT2D eigenvalue weighted by atomic mass is 32.2. The molecule has 4 heterocycles. The van der Waals surface area contributed by atoms with Gasteiger partial charge in [0.15, 0.2) is 16.1 Å². The number of carbonyl (C=O) groups is 4. The minimum absolute atomic E-state index is 0.00532. The van der Waals surface area contributed by atoms with Crippen molar-refractivity contribution in [3.8, 4) is 10.4 Å². The lowest BCUT2D eigenvalue weighted by Gasteiger charge is -2.35. The number of hydrogen-bond donors (Lipinski definition) is 2. The van der Waals surface area contributed by atoms with Gasteiger partial charge < -0.3 is 9.47 Å². The van der Waals surface area contributed by atoms with Crippen LogP contribution in [0.5, 0.6) is 0 Å². The maximum Gasteiger partial charge on any atom is 0.411 e. The highest BCUT2D eigenvalue weighted by Crippen LogP contribution is 2.47. The van der Waals surface area contributed by atoms with Crippen LogP contribution >= 0.6 is 11.3 Å². The van der Waals surface area contributed by atoms with Gasteiger partial charge in [-0.1, -0.05) is 30.7 Å². The van der Waals surface area contributed by atoms with E-state index in [1.54, 1.807) is 48.5 Å². The molecule has 6 rings (SSSR count). The van der Waals surface area contributed by atoms with Crippen LogP contribution in [0.1, 0.15) is 70.5 Å². The molecule has 248 valence electrons. The lowest BCUT2D eigenvalue weighted by Crippen LogP contribution is -2.45. The molecule has 2 saturated heterocycles. The Morgan fingerprint density at radius 1 is 0.979 bits per heavy atom. The third-order valence-electron chi connectivity index (χ3n) is 8.60. The zero-order valence-electron chi connectivity index (χ0n) is 25.6. The quantitative estimate of drug-likeness (QED) is 0.222. The van der Waals surface area contributed by atoms with Crippen LogP contribution in [-0.2, 0) is 33.7 Å². The van der Waals surface area contributed by atoms with Crippen molar-refractivity contribution in [1.29, 1.82) is 0 Å². The van der Waals surface area contributed by atoms with Gasteiger partial charge in [-0.05, 0) is 67.6 Å². The molecular weight excluding hydrogens is 647 g/mol. The number of nitrogens with zero attached hydrogens (tertiary/aromatic N) is 1. The fourth-order valence-corrected chi connectivity index (χ4v) is 9.94. The van der Waals surface area contributed by atoms with Crippen LogP contribution in [0, 0.1) is 0 Å². The number of amides is 4. The molecule has 3 aliphatic rings. The summed E-state index contributed by atoms with van der Waals surface area (Å²) in [6, 6.07) is 17.1. The Balaban J connectivity index is 1.10. The van der Waals surface area contributed by atoms with Gasteiger partial charge in [-0.15, -0.1) is 11.3 Å². The fraction of sp³-hybridized carbons (Fsp3) is 0.394. The second-order valence-corrected chi connectivity index (χ2v) is 15.2. The minimum atomic E-state index is -3.66. The second kappa shape index (κ2) is 13.9. The summed E-state index contributed by atoms with van der Waals surface area (Å²) in [5.74, 6) is -1.38. The lowest BCUT2D eigenvalue weighted by molar-refractivity contribution is -0.200. The topological polar surface area (TPSA) is 157 Å². The lowest BCUT2D eigenvalue weighted by atomic mass is 9.94. The highest BCUT2D eigenvalue weighted by molar-refractivity contribution is 7.92. The summed E-state index contributed by atoms with van der Waals surface area (Å²) in [7, 11) is -3.66. The van der Waals surface area contributed by atoms with Crippen molar-refractivity contribution >= 4 is 50.7 Å². The van der Waals surface area contributed by atoms with Crippen molar-refractivity contribution in [3.63, 3.8) is 0 Å². The summed E-state index contributed by atoms with van der Waals surface area (Å²) in [5.41, 5.74) is 4.24. The first-order valence-corrected chi connectivity index (χ1v) is 18.0. The number of carbonyl (C=O) groups excluding carboxylic acids is 4. The molecule has 1 aromatic heterocycles. The number of nitrogens with one attached hydrogen (secondary N) is 2. The average Bonchev–Trinajstić information content (AvgIpc) is 3.66. The van der Waals surface area contributed by atoms with Crippen LogP contribution < -0.4 is 10.8 Å². The predicted molar refractivity (Wildman–Crippen MR) is 173 cm³/mol. The van der Waals surface area contributed by atoms with Crippen molar-refractivity contribution in [1.82, 2.24) is 10.4 Å². The van der Waals surface area contributed by atoms with E-state index in [1.807, 2.05) is 12.1 Å². The van der Waals surface area contributed by atoms with Crippen LogP contribution in [0.2, 0.25) is 0 Å². The molecule has 12 nitrogen and oxygen atoms in total. The molecule has 1 unspecified atom stereocenters. The number of anilines is 1. The first-order chi connectivity index (χ1) is 22.7. The zero-order chi connectivity index (χ0) is 33.0. The van der Waals surface area contributed by atoms with Crippen molar-refractivity contribution in [2.45, 2.75) is 56.0 Å². The van der Waals surface area contributed by atoms with Crippen LogP contribution in [-0.4, -0.2) is 68.9 Å². The molecule has 2 atom stereocenters. The van der Waals surface area contributed by atoms with Gasteiger partial charge in [-0.2, -0.15) is 0 Å². The molecular formula is C33H35N3O9S2. The van der Waals surface area contributed by atoms with E-state index in [1.165, 1.54) is 11.3 Å². The van der Waals surface area contributed by atoms with E-state index in [0.717, 1.165) is 28.2 Å². The molecule has 2 aromatic carbocycles. The van der Waals surface area contributed by atoms with E-state index in [2.05, 4.69) is 10.8 Å². The SMILES string of the molecule is O=C(C[C@]1(c2ccc(-c3cccc(NC(=O)OCCN4C(=O)c5ccccc5C4=O)c3)s2)CCCCS1(=O)=O)NOC1CCCCO1. The van der Waals surface area contributed by atoms with Crippen molar-refractivity contribution in [2.24, 2.45) is 0 Å². The maximum atomic E-state index is 13.6. The largest absolute Gasteiger partial charge is 0.447 e. The Labute approximate surface area is 276 Å². The summed E-state index contributed by atoms with van der Waals surface area (Å²) in [6.07, 6.45) is 2.46. The third-order valence-corrected chi connectivity index (χ3v) is 12.7. The van der Waals surface area contributed by atoms with Crippen LogP contribution in [0.3, 0.4) is 0 Å². The summed E-state index contributed by atoms with van der Waals surface area (Å²) in [6.45, 7) is 0.280. The van der Waals surface area contributed by atoms with Gasteiger partial charge in [0.25, 0.3) is 11.8 Å². The molecule has 47 heavy (non-hydrogen) atoms. The Hall–Kier alpha value is -4.11. The minimum Gasteiger partial charge on any atom is -0.447 e. The number of imide groups is 1. The number of hydroxylamine groups is 1. The predicted octanol–water partition coefficient (Wildman–Crippen LogP) is 5.02. The van der Waals surface area contributed by atoms with Crippen molar-refractivity contribution in [3.05, 3.63) is 76.7 Å². The molecule has 14 heteroatoms. The second-order valence-electron chi connectivity index (χ2n) is 11.7. The van der Waals surface area contributed by atoms with Gasteiger partial charge in [0.2, 0.25) is 5.91 Å². The normalized spacial score (nSPS) is 22.0. The van der Waals surface area contributed by atoms with Gasteiger partial charge in [0, 0.05) is 28.5 Å². The molecule has 4 amide bonds. The molecule has 2 N–H and O–H groups in total. The first-order valence-electron chi connectivity index (χ1n) is 15.5. The smallest absolute Gasteiger partial charge is 0.411 e. The van der Waals surface area contributed by atoms with Crippen LogP contribution in [0.4, 0.5) is 10.5 Å². The maximum absolute atomic E-state index is 13.6. The standard InChI is InChI=1S/C33H35N3O9S2/c37-28(35-45-29-12-3-5-17-43-29)21-33(15-4-6-19-47(33,41)42)27-14-13-26(46-27)22-8-7-9-23(20-22)34-32(40)44-18-16-36-30(38)24-10-1-2-11-25(24)31(36)39/h1-2,7-11,13-14,20,29H,3-6,12,15-19,21H2,(H,34,40)(H,35,37)/t29?,33-/m0/s1. The summed E-state index contributed by atoms with van der Waals surface area (Å²) in [4.78, 5) is 58.5. The fourth-order valence-electron chi connectivity index (χ4n) is 6.16. The Kier molecular flexibility index (Phi) is 9.73. The van der Waals surface area contributed by atoms with E-state index in [9.17, 15) is 27.6 Å². The van der Waals surface area contributed by atoms with Crippen molar-refractivity contribution < 1.29 is 41.9 Å². The van der Waals surface area contributed by atoms with Crippen LogP contribution in [0.25, 0.3) is 10.4 Å².